The van der Waals surface area contributed by atoms with Crippen LogP contribution in [-0.2, 0) is 16.4 Å². The van der Waals surface area contributed by atoms with E-state index in [4.69, 9.17) is 5.73 Å². The number of piperidine rings is 1. The van der Waals surface area contributed by atoms with Crippen molar-refractivity contribution in [2.24, 2.45) is 16.6 Å². The van der Waals surface area contributed by atoms with Crippen LogP contribution in [0, 0.1) is 5.92 Å². The summed E-state index contributed by atoms with van der Waals surface area (Å²) in [5.74, 6) is 1.38. The number of guanidine groups is 1. The van der Waals surface area contributed by atoms with E-state index in [1.807, 2.05) is 19.9 Å². The molecule has 0 spiro atoms. The first-order valence-corrected chi connectivity index (χ1v) is 11.3. The topological polar surface area (TPSA) is 79.0 Å². The molecule has 1 aliphatic rings. The van der Waals surface area contributed by atoms with Crippen LogP contribution < -0.4 is 5.73 Å². The summed E-state index contributed by atoms with van der Waals surface area (Å²) in [5.41, 5.74) is 6.09. The van der Waals surface area contributed by atoms with Crippen LogP contribution in [-0.4, -0.2) is 56.3 Å². The maximum absolute atomic E-state index is 12.5. The number of aliphatic imine (C=N–C) groups is 1. The van der Waals surface area contributed by atoms with E-state index in [0.717, 1.165) is 36.7 Å². The maximum atomic E-state index is 12.5. The minimum atomic E-state index is -3.36. The molecule has 0 radical (unpaired) electrons. The predicted octanol–water partition coefficient (Wildman–Crippen LogP) is 2.37. The second-order valence-corrected chi connectivity index (χ2v) is 9.80. The Hall–Kier alpha value is -1.12. The van der Waals surface area contributed by atoms with Crippen LogP contribution in [0.15, 0.2) is 21.3 Å². The summed E-state index contributed by atoms with van der Waals surface area (Å²) in [6, 6.07) is 3.59. The van der Waals surface area contributed by atoms with Crippen molar-refractivity contribution in [1.82, 2.24) is 9.21 Å². The first-order valence-electron chi connectivity index (χ1n) is 9.02. The molecule has 8 heteroatoms. The van der Waals surface area contributed by atoms with Crippen molar-refractivity contribution >= 4 is 27.3 Å². The Bertz CT molecular complexity index is 673. The molecule has 0 aliphatic carbocycles. The molecular formula is C17H30N4O2S2. The van der Waals surface area contributed by atoms with Gasteiger partial charge in [0.05, 0.1) is 0 Å². The van der Waals surface area contributed by atoms with Gasteiger partial charge in [-0.3, -0.25) is 4.99 Å². The third-order valence-electron chi connectivity index (χ3n) is 4.68. The van der Waals surface area contributed by atoms with Crippen LogP contribution in [0.2, 0.25) is 0 Å². The van der Waals surface area contributed by atoms with Gasteiger partial charge >= 0.3 is 0 Å². The molecule has 2 rings (SSSR count). The normalized spacial score (nSPS) is 17.4. The Morgan fingerprint density at radius 1 is 1.32 bits per heavy atom. The second kappa shape index (κ2) is 9.00. The Morgan fingerprint density at radius 3 is 2.56 bits per heavy atom. The van der Waals surface area contributed by atoms with E-state index in [9.17, 15) is 8.42 Å². The van der Waals surface area contributed by atoms with E-state index in [1.54, 1.807) is 6.07 Å². The zero-order valence-corrected chi connectivity index (χ0v) is 17.1. The van der Waals surface area contributed by atoms with Crippen LogP contribution >= 0.6 is 11.3 Å². The molecular weight excluding hydrogens is 356 g/mol. The molecule has 1 aromatic rings. The highest BCUT2D eigenvalue weighted by Crippen LogP contribution is 2.25. The molecule has 1 saturated heterocycles. The average Bonchev–Trinajstić information content (AvgIpc) is 3.06. The van der Waals surface area contributed by atoms with E-state index in [-0.39, 0.29) is 0 Å². The lowest BCUT2D eigenvalue weighted by molar-refractivity contribution is 0.277. The molecule has 142 valence electrons. The maximum Gasteiger partial charge on any atom is 0.252 e. The van der Waals surface area contributed by atoms with Crippen molar-refractivity contribution in [2.45, 2.75) is 44.2 Å². The molecule has 2 heterocycles. The fourth-order valence-corrected chi connectivity index (χ4v) is 5.90. The van der Waals surface area contributed by atoms with Gasteiger partial charge in [0.2, 0.25) is 0 Å². The third-order valence-corrected chi connectivity index (χ3v) is 8.34. The molecule has 0 aromatic carbocycles. The number of rotatable bonds is 7. The van der Waals surface area contributed by atoms with Gasteiger partial charge in [0, 0.05) is 44.0 Å². The Kier molecular flexibility index (Phi) is 7.27. The fraction of sp³-hybridized carbons (Fsp3) is 0.706. The molecule has 0 bridgehead atoms. The van der Waals surface area contributed by atoms with Gasteiger partial charge in [0.1, 0.15) is 4.21 Å². The van der Waals surface area contributed by atoms with Crippen molar-refractivity contribution < 1.29 is 8.42 Å². The first kappa shape index (κ1) is 20.2. The largest absolute Gasteiger partial charge is 0.370 e. The number of sulfonamides is 1. The molecule has 1 aromatic heterocycles. The Morgan fingerprint density at radius 2 is 1.96 bits per heavy atom. The van der Waals surface area contributed by atoms with Gasteiger partial charge in [-0.25, -0.2) is 8.42 Å². The molecule has 1 aliphatic heterocycles. The number of hydrogen-bond donors (Lipinski definition) is 1. The molecule has 25 heavy (non-hydrogen) atoms. The van der Waals surface area contributed by atoms with Crippen molar-refractivity contribution in [2.75, 3.05) is 32.7 Å². The molecule has 0 unspecified atom stereocenters. The standard InChI is InChI=1S/C17H30N4O2S2/c1-4-21(5-2)25(22,23)16-7-6-15(24-16)8-11-19-17(18)20-12-9-14(3)10-13-20/h6-7,14H,4-5,8-13H2,1-3H3,(H2,18,19). The Balaban J connectivity index is 1.92. The van der Waals surface area contributed by atoms with Gasteiger partial charge in [-0.2, -0.15) is 4.31 Å². The summed E-state index contributed by atoms with van der Waals surface area (Å²) >= 11 is 1.33. The van der Waals surface area contributed by atoms with E-state index in [1.165, 1.54) is 15.6 Å². The molecule has 2 N–H and O–H groups in total. The molecule has 0 atom stereocenters. The highest BCUT2D eigenvalue weighted by molar-refractivity contribution is 7.91. The fourth-order valence-electron chi connectivity index (χ4n) is 2.94. The lowest BCUT2D eigenvalue weighted by Gasteiger charge is -2.31. The second-order valence-electron chi connectivity index (χ2n) is 6.47. The predicted molar refractivity (Wildman–Crippen MR) is 105 cm³/mol. The number of nitrogens with zero attached hydrogens (tertiary/aromatic N) is 3. The summed E-state index contributed by atoms with van der Waals surface area (Å²) in [4.78, 5) is 7.64. The van der Waals surface area contributed by atoms with E-state index in [0.29, 0.717) is 36.2 Å². The van der Waals surface area contributed by atoms with E-state index >= 15 is 0 Å². The number of likely N-dealkylation sites (tertiary alicyclic amines) is 1. The summed E-state index contributed by atoms with van der Waals surface area (Å²) in [7, 11) is -3.36. The zero-order chi connectivity index (χ0) is 18.4. The summed E-state index contributed by atoms with van der Waals surface area (Å²) in [5, 5.41) is 0. The Labute approximate surface area is 155 Å². The third kappa shape index (κ3) is 5.18. The van der Waals surface area contributed by atoms with Crippen LogP contribution in [0.25, 0.3) is 0 Å². The summed E-state index contributed by atoms with van der Waals surface area (Å²) in [6.45, 7) is 9.49. The van der Waals surface area contributed by atoms with Gasteiger partial charge in [0.25, 0.3) is 10.0 Å². The quantitative estimate of drug-likeness (QED) is 0.576. The van der Waals surface area contributed by atoms with E-state index in [2.05, 4.69) is 16.8 Å². The van der Waals surface area contributed by atoms with Crippen molar-refractivity contribution in [3.63, 3.8) is 0 Å². The highest BCUT2D eigenvalue weighted by Gasteiger charge is 2.23. The summed E-state index contributed by atoms with van der Waals surface area (Å²) < 4.78 is 26.9. The highest BCUT2D eigenvalue weighted by atomic mass is 32.2. The minimum Gasteiger partial charge on any atom is -0.370 e. The van der Waals surface area contributed by atoms with Crippen LogP contribution in [0.4, 0.5) is 0 Å². The number of nitrogens with two attached hydrogens (primary N) is 1. The lowest BCUT2D eigenvalue weighted by atomic mass is 10.00. The molecule has 1 fully saturated rings. The van der Waals surface area contributed by atoms with Crippen LogP contribution in [0.5, 0.6) is 0 Å². The SMILES string of the molecule is CCN(CC)S(=O)(=O)c1ccc(CCN=C(N)N2CCC(C)CC2)s1. The monoisotopic (exact) mass is 386 g/mol. The number of thiophene rings is 1. The van der Waals surface area contributed by atoms with Gasteiger partial charge in [-0.1, -0.05) is 20.8 Å². The van der Waals surface area contributed by atoms with Gasteiger partial charge < -0.3 is 10.6 Å². The van der Waals surface area contributed by atoms with Crippen molar-refractivity contribution in [1.29, 1.82) is 0 Å². The molecule has 6 nitrogen and oxygen atoms in total. The molecule has 0 saturated carbocycles. The first-order chi connectivity index (χ1) is 11.9. The van der Waals surface area contributed by atoms with Gasteiger partial charge in [-0.05, 0) is 30.9 Å². The van der Waals surface area contributed by atoms with Crippen molar-refractivity contribution in [3.05, 3.63) is 17.0 Å². The smallest absolute Gasteiger partial charge is 0.252 e. The van der Waals surface area contributed by atoms with Crippen molar-refractivity contribution in [3.8, 4) is 0 Å². The molecule has 0 amide bonds. The number of hydrogen-bond acceptors (Lipinski definition) is 4. The summed E-state index contributed by atoms with van der Waals surface area (Å²) in [6.07, 6.45) is 3.03. The lowest BCUT2D eigenvalue weighted by Crippen LogP contribution is -2.42. The van der Waals surface area contributed by atoms with Gasteiger partial charge in [0.15, 0.2) is 5.96 Å². The minimum absolute atomic E-state index is 0.410. The van der Waals surface area contributed by atoms with Crippen LogP contribution in [0.1, 0.15) is 38.5 Å². The van der Waals surface area contributed by atoms with Crippen LogP contribution in [0.3, 0.4) is 0 Å². The van der Waals surface area contributed by atoms with E-state index < -0.39 is 10.0 Å². The van der Waals surface area contributed by atoms with Gasteiger partial charge in [-0.15, -0.1) is 11.3 Å². The average molecular weight is 387 g/mol. The zero-order valence-electron chi connectivity index (χ0n) is 15.4.